The lowest BCUT2D eigenvalue weighted by atomic mass is 9.92. The van der Waals surface area contributed by atoms with Crippen LogP contribution in [0.25, 0.3) is 0 Å². The zero-order valence-corrected chi connectivity index (χ0v) is 17.8. The van der Waals surface area contributed by atoms with Crippen LogP contribution in [-0.4, -0.2) is 71.3 Å². The van der Waals surface area contributed by atoms with Gasteiger partial charge in [-0.1, -0.05) is 32.5 Å². The Morgan fingerprint density at radius 2 is 1.85 bits per heavy atom. The second-order valence-electron chi connectivity index (χ2n) is 8.12. The van der Waals surface area contributed by atoms with Crippen molar-refractivity contribution in [3.8, 4) is 0 Å². The highest BCUT2D eigenvalue weighted by Gasteiger charge is 2.33. The molecule has 0 spiro atoms. The Morgan fingerprint density at radius 3 is 2.41 bits per heavy atom. The number of amides is 1. The van der Waals surface area contributed by atoms with Gasteiger partial charge in [0, 0.05) is 50.0 Å². The van der Waals surface area contributed by atoms with Crippen molar-refractivity contribution < 1.29 is 13.2 Å². The summed E-state index contributed by atoms with van der Waals surface area (Å²) < 4.78 is 26.2. The minimum absolute atomic E-state index is 0.0203. The highest BCUT2D eigenvalue weighted by molar-refractivity contribution is 7.99. The van der Waals surface area contributed by atoms with Crippen molar-refractivity contribution in [2.45, 2.75) is 37.9 Å². The van der Waals surface area contributed by atoms with Crippen molar-refractivity contribution >= 4 is 27.7 Å². The molecule has 0 bridgehead atoms. The van der Waals surface area contributed by atoms with E-state index in [0.717, 1.165) is 5.69 Å². The van der Waals surface area contributed by atoms with Gasteiger partial charge in [-0.2, -0.15) is 4.31 Å². The number of sulfonamides is 1. The minimum atomic E-state index is -3.22. The van der Waals surface area contributed by atoms with Crippen LogP contribution in [0.3, 0.4) is 0 Å². The molecule has 27 heavy (non-hydrogen) atoms. The number of hydrogen-bond donors (Lipinski definition) is 0. The normalized spacial score (nSPS) is 21.8. The van der Waals surface area contributed by atoms with Gasteiger partial charge in [0.2, 0.25) is 15.9 Å². The summed E-state index contributed by atoms with van der Waals surface area (Å²) in [4.78, 5) is 31.7. The van der Waals surface area contributed by atoms with E-state index < -0.39 is 10.0 Å². The summed E-state index contributed by atoms with van der Waals surface area (Å²) in [6, 6.07) is 1.56. The molecular formula is C17H26N4O4S2. The van der Waals surface area contributed by atoms with E-state index in [2.05, 4.69) is 4.98 Å². The Morgan fingerprint density at radius 1 is 1.22 bits per heavy atom. The Hall–Kier alpha value is -1.39. The number of thioether (sulfide) groups is 1. The van der Waals surface area contributed by atoms with Crippen LogP contribution < -0.4 is 5.56 Å². The first-order chi connectivity index (χ1) is 12.5. The summed E-state index contributed by atoms with van der Waals surface area (Å²) in [6.45, 7) is 7.77. The number of rotatable bonds is 2. The summed E-state index contributed by atoms with van der Waals surface area (Å²) >= 11 is 1.44. The van der Waals surface area contributed by atoms with Crippen LogP contribution >= 0.6 is 11.8 Å². The third-order valence-electron chi connectivity index (χ3n) is 4.93. The molecule has 1 aromatic heterocycles. The average Bonchev–Trinajstić information content (AvgIpc) is 2.59. The molecule has 3 rings (SSSR count). The van der Waals surface area contributed by atoms with Gasteiger partial charge in [-0.3, -0.25) is 14.2 Å². The number of carbonyl (C=O) groups excluding carboxylic acids is 1. The molecule has 1 amide bonds. The maximum atomic E-state index is 12.9. The first kappa shape index (κ1) is 20.3. The zero-order chi connectivity index (χ0) is 20.0. The van der Waals surface area contributed by atoms with E-state index in [9.17, 15) is 18.0 Å². The Balaban J connectivity index is 1.71. The van der Waals surface area contributed by atoms with E-state index in [1.807, 2.05) is 20.8 Å². The summed E-state index contributed by atoms with van der Waals surface area (Å²) in [5.41, 5.74) is 0.422. The van der Waals surface area contributed by atoms with Crippen molar-refractivity contribution in [2.24, 2.45) is 5.92 Å². The zero-order valence-electron chi connectivity index (χ0n) is 16.1. The van der Waals surface area contributed by atoms with Crippen molar-refractivity contribution in [3.63, 3.8) is 0 Å². The van der Waals surface area contributed by atoms with Crippen molar-refractivity contribution in [2.75, 3.05) is 38.2 Å². The van der Waals surface area contributed by atoms with E-state index in [0.29, 0.717) is 43.6 Å². The first-order valence-electron chi connectivity index (χ1n) is 8.96. The fourth-order valence-corrected chi connectivity index (χ4v) is 5.15. The third-order valence-corrected chi connectivity index (χ3v) is 7.37. The summed E-state index contributed by atoms with van der Waals surface area (Å²) in [6.07, 6.45) is 1.18. The maximum Gasteiger partial charge on any atom is 0.254 e. The molecule has 0 N–H and O–H groups in total. The number of hydrogen-bond acceptors (Lipinski definition) is 6. The summed E-state index contributed by atoms with van der Waals surface area (Å²) in [5, 5.41) is 0.665. The molecule has 150 valence electrons. The highest BCUT2D eigenvalue weighted by atomic mass is 32.2. The third kappa shape index (κ3) is 4.38. The molecule has 0 aliphatic carbocycles. The lowest BCUT2D eigenvalue weighted by molar-refractivity contribution is -0.136. The lowest BCUT2D eigenvalue weighted by Gasteiger charge is -2.36. The maximum absolute atomic E-state index is 12.9. The molecule has 1 fully saturated rings. The number of aromatic nitrogens is 2. The molecular weight excluding hydrogens is 388 g/mol. The molecule has 0 aromatic carbocycles. The largest absolute Gasteiger partial charge is 0.340 e. The summed E-state index contributed by atoms with van der Waals surface area (Å²) in [7, 11) is -3.22. The molecule has 2 aliphatic rings. The van der Waals surface area contributed by atoms with Gasteiger partial charge in [0.05, 0.1) is 17.9 Å². The quantitative estimate of drug-likeness (QED) is 0.649. The van der Waals surface area contributed by atoms with E-state index in [1.165, 1.54) is 22.3 Å². The predicted molar refractivity (Wildman–Crippen MR) is 104 cm³/mol. The van der Waals surface area contributed by atoms with Crippen LogP contribution in [0.15, 0.2) is 16.0 Å². The molecule has 2 aliphatic heterocycles. The Bertz CT molecular complexity index is 896. The minimum Gasteiger partial charge on any atom is -0.340 e. The van der Waals surface area contributed by atoms with Gasteiger partial charge >= 0.3 is 0 Å². The van der Waals surface area contributed by atoms with E-state index >= 15 is 0 Å². The standard InChI is InChI=1S/C17H26N4O4S2/c1-17(2,3)13-9-14(22)21-10-12(11-26-16(21)18-13)15(23)19-5-7-20(8-6-19)27(4,24)25/h9,12H,5-8,10-11H2,1-4H3. The van der Waals surface area contributed by atoms with Gasteiger partial charge in [-0.15, -0.1) is 0 Å². The topological polar surface area (TPSA) is 92.6 Å². The average molecular weight is 415 g/mol. The summed E-state index contributed by atoms with van der Waals surface area (Å²) in [5.74, 6) is 0.255. The second-order valence-corrected chi connectivity index (χ2v) is 11.1. The van der Waals surface area contributed by atoms with Gasteiger partial charge in [0.1, 0.15) is 0 Å². The fourth-order valence-electron chi connectivity index (χ4n) is 3.24. The molecule has 3 heterocycles. The van der Waals surface area contributed by atoms with Crippen LogP contribution in [-0.2, 0) is 26.8 Å². The van der Waals surface area contributed by atoms with Gasteiger partial charge < -0.3 is 4.90 Å². The molecule has 0 radical (unpaired) electrons. The number of nitrogens with zero attached hydrogens (tertiary/aromatic N) is 4. The highest BCUT2D eigenvalue weighted by Crippen LogP contribution is 2.29. The number of fused-ring (bicyclic) bond motifs is 1. The van der Waals surface area contributed by atoms with E-state index in [-0.39, 0.29) is 22.8 Å². The van der Waals surface area contributed by atoms with Crippen molar-refractivity contribution in [1.82, 2.24) is 18.8 Å². The van der Waals surface area contributed by atoms with Gasteiger partial charge in [-0.05, 0) is 0 Å². The Kier molecular flexibility index (Phi) is 5.44. The monoisotopic (exact) mass is 414 g/mol. The molecule has 8 nitrogen and oxygen atoms in total. The molecule has 1 atom stereocenters. The number of piperazine rings is 1. The fraction of sp³-hybridized carbons (Fsp3) is 0.706. The van der Waals surface area contributed by atoms with Gasteiger partial charge in [0.25, 0.3) is 5.56 Å². The molecule has 1 aromatic rings. The van der Waals surface area contributed by atoms with Gasteiger partial charge in [-0.25, -0.2) is 13.4 Å². The number of carbonyl (C=O) groups is 1. The van der Waals surface area contributed by atoms with Gasteiger partial charge in [0.15, 0.2) is 5.16 Å². The SMILES string of the molecule is CC(C)(C)c1cc(=O)n2c(n1)SCC(C(=O)N1CCN(S(C)(=O)=O)CC1)C2. The Labute approximate surface area is 164 Å². The van der Waals surface area contributed by atoms with Crippen molar-refractivity contribution in [3.05, 3.63) is 22.1 Å². The molecule has 1 saturated heterocycles. The van der Waals surface area contributed by atoms with Crippen LogP contribution in [0.1, 0.15) is 26.5 Å². The van der Waals surface area contributed by atoms with Crippen LogP contribution in [0, 0.1) is 5.92 Å². The molecule has 1 unspecified atom stereocenters. The second kappa shape index (κ2) is 7.21. The lowest BCUT2D eigenvalue weighted by Crippen LogP contribution is -2.53. The van der Waals surface area contributed by atoms with E-state index in [4.69, 9.17) is 0 Å². The van der Waals surface area contributed by atoms with E-state index in [1.54, 1.807) is 15.5 Å². The smallest absolute Gasteiger partial charge is 0.254 e. The van der Waals surface area contributed by atoms with Crippen LogP contribution in [0.4, 0.5) is 0 Å². The molecule has 0 saturated carbocycles. The van der Waals surface area contributed by atoms with Crippen molar-refractivity contribution in [1.29, 1.82) is 0 Å². The van der Waals surface area contributed by atoms with Crippen LogP contribution in [0.2, 0.25) is 0 Å². The first-order valence-corrected chi connectivity index (χ1v) is 11.8. The van der Waals surface area contributed by atoms with Crippen LogP contribution in [0.5, 0.6) is 0 Å². The molecule has 10 heteroatoms. The predicted octanol–water partition coefficient (Wildman–Crippen LogP) is 0.367.